The minimum absolute atomic E-state index is 0.177. The van der Waals surface area contributed by atoms with Crippen LogP contribution in [0.25, 0.3) is 0 Å². The largest absolute Gasteiger partial charge is 0.496 e. The fourth-order valence-corrected chi connectivity index (χ4v) is 2.57. The second-order valence-electron chi connectivity index (χ2n) is 6.62. The Hall–Kier alpha value is -2.87. The lowest BCUT2D eigenvalue weighted by Crippen LogP contribution is -2.39. The quantitative estimate of drug-likeness (QED) is 0.300. The number of benzene rings is 1. The molecule has 0 amide bonds. The maximum atomic E-state index is 10.5. The summed E-state index contributed by atoms with van der Waals surface area (Å²) in [5, 5.41) is 16.9. The summed E-state index contributed by atoms with van der Waals surface area (Å²) in [6.07, 6.45) is 2.30. The summed E-state index contributed by atoms with van der Waals surface area (Å²) in [7, 11) is 3.21. The summed E-state index contributed by atoms with van der Waals surface area (Å²) >= 11 is 0. The number of aliphatic imine (C=N–C) groups is 1. The van der Waals surface area contributed by atoms with Crippen LogP contribution in [0.3, 0.4) is 0 Å². The van der Waals surface area contributed by atoms with Gasteiger partial charge in [0.2, 0.25) is 0 Å². The number of furan rings is 1. The van der Waals surface area contributed by atoms with E-state index in [4.69, 9.17) is 18.6 Å². The van der Waals surface area contributed by atoms with E-state index in [-0.39, 0.29) is 6.54 Å². The van der Waals surface area contributed by atoms with Gasteiger partial charge in [-0.1, -0.05) is 0 Å². The molecular formula is C21H31N3O5. The molecule has 0 aliphatic rings. The van der Waals surface area contributed by atoms with Gasteiger partial charge in [0, 0.05) is 31.3 Å². The van der Waals surface area contributed by atoms with E-state index in [1.165, 1.54) is 6.26 Å². The van der Waals surface area contributed by atoms with Gasteiger partial charge in [-0.15, -0.1) is 0 Å². The molecule has 29 heavy (non-hydrogen) atoms. The van der Waals surface area contributed by atoms with Crippen LogP contribution < -0.4 is 24.8 Å². The van der Waals surface area contributed by atoms with Crippen molar-refractivity contribution >= 4 is 5.96 Å². The molecule has 0 saturated heterocycles. The highest BCUT2D eigenvalue weighted by atomic mass is 16.5. The van der Waals surface area contributed by atoms with Gasteiger partial charge in [0.15, 0.2) is 5.96 Å². The maximum Gasteiger partial charge on any atom is 0.191 e. The van der Waals surface area contributed by atoms with Crippen molar-refractivity contribution in [3.05, 3.63) is 42.4 Å². The van der Waals surface area contributed by atoms with E-state index in [1.54, 1.807) is 39.3 Å². The normalized spacial score (nSPS) is 13.5. The maximum absolute atomic E-state index is 10.5. The highest BCUT2D eigenvalue weighted by Gasteiger charge is 2.26. The molecule has 3 N–H and O–H groups in total. The molecule has 0 aliphatic heterocycles. The Labute approximate surface area is 171 Å². The van der Waals surface area contributed by atoms with Crippen LogP contribution in [-0.4, -0.2) is 51.5 Å². The SMILES string of the molecule is CCNC(=NCC(C)(O)c1ccco1)NCCCOc1cc(OC)cc(OC)c1. The number of guanidine groups is 1. The first kappa shape index (κ1) is 22.4. The molecule has 1 atom stereocenters. The number of nitrogens with one attached hydrogen (secondary N) is 2. The second kappa shape index (κ2) is 11.2. The zero-order valence-corrected chi connectivity index (χ0v) is 17.5. The van der Waals surface area contributed by atoms with E-state index in [0.29, 0.717) is 42.1 Å². The average Bonchev–Trinajstić information content (AvgIpc) is 3.27. The van der Waals surface area contributed by atoms with Crippen molar-refractivity contribution in [1.29, 1.82) is 0 Å². The third kappa shape index (κ3) is 7.23. The Morgan fingerprint density at radius 1 is 1.14 bits per heavy atom. The van der Waals surface area contributed by atoms with Crippen molar-refractivity contribution < 1.29 is 23.7 Å². The first-order chi connectivity index (χ1) is 14.0. The molecule has 0 spiro atoms. The summed E-state index contributed by atoms with van der Waals surface area (Å²) in [5.41, 5.74) is -1.17. The van der Waals surface area contributed by atoms with E-state index >= 15 is 0 Å². The van der Waals surface area contributed by atoms with Crippen molar-refractivity contribution in [3.8, 4) is 17.2 Å². The summed E-state index contributed by atoms with van der Waals surface area (Å²) in [4.78, 5) is 4.45. The van der Waals surface area contributed by atoms with Crippen LogP contribution in [0.4, 0.5) is 0 Å². The lowest BCUT2D eigenvalue weighted by Gasteiger charge is -2.19. The number of aliphatic hydroxyl groups is 1. The molecule has 0 aliphatic carbocycles. The Morgan fingerprint density at radius 2 is 1.83 bits per heavy atom. The van der Waals surface area contributed by atoms with Crippen LogP contribution >= 0.6 is 0 Å². The van der Waals surface area contributed by atoms with Crippen molar-refractivity contribution in [2.75, 3.05) is 40.5 Å². The molecule has 0 radical (unpaired) electrons. The predicted molar refractivity (Wildman–Crippen MR) is 112 cm³/mol. The average molecular weight is 405 g/mol. The van der Waals surface area contributed by atoms with Gasteiger partial charge in [0.05, 0.1) is 33.6 Å². The summed E-state index contributed by atoms with van der Waals surface area (Å²) in [6, 6.07) is 8.91. The van der Waals surface area contributed by atoms with Gasteiger partial charge in [0.1, 0.15) is 28.6 Å². The van der Waals surface area contributed by atoms with Gasteiger partial charge in [-0.25, -0.2) is 4.99 Å². The number of nitrogens with zero attached hydrogens (tertiary/aromatic N) is 1. The molecule has 1 heterocycles. The van der Waals surface area contributed by atoms with E-state index in [1.807, 2.05) is 19.1 Å². The number of rotatable bonds is 11. The molecule has 0 saturated carbocycles. The van der Waals surface area contributed by atoms with Gasteiger partial charge < -0.3 is 34.4 Å². The topological polar surface area (TPSA) is 97.5 Å². The van der Waals surface area contributed by atoms with Crippen molar-refractivity contribution in [2.24, 2.45) is 4.99 Å². The van der Waals surface area contributed by atoms with E-state index < -0.39 is 5.60 Å². The lowest BCUT2D eigenvalue weighted by atomic mass is 10.0. The number of ether oxygens (including phenoxy) is 3. The van der Waals surface area contributed by atoms with Gasteiger partial charge in [-0.05, 0) is 32.4 Å². The molecule has 1 aromatic carbocycles. The Kier molecular flexibility index (Phi) is 8.67. The van der Waals surface area contributed by atoms with Crippen LogP contribution in [0.1, 0.15) is 26.0 Å². The molecule has 2 rings (SSSR count). The summed E-state index contributed by atoms with van der Waals surface area (Å²) in [5.74, 6) is 3.17. The third-order valence-corrected chi connectivity index (χ3v) is 4.15. The van der Waals surface area contributed by atoms with Crippen LogP contribution in [-0.2, 0) is 5.60 Å². The van der Waals surface area contributed by atoms with Crippen LogP contribution in [0, 0.1) is 0 Å². The smallest absolute Gasteiger partial charge is 0.191 e. The zero-order chi connectivity index (χ0) is 21.1. The minimum Gasteiger partial charge on any atom is -0.496 e. The summed E-state index contributed by atoms with van der Waals surface area (Å²) < 4.78 is 21.5. The Bertz CT molecular complexity index is 737. The summed E-state index contributed by atoms with van der Waals surface area (Å²) in [6.45, 7) is 5.74. The van der Waals surface area contributed by atoms with Crippen LogP contribution in [0.2, 0.25) is 0 Å². The molecule has 1 aromatic heterocycles. The Balaban J connectivity index is 1.80. The highest BCUT2D eigenvalue weighted by molar-refractivity contribution is 5.79. The van der Waals surface area contributed by atoms with Crippen LogP contribution in [0.15, 0.2) is 46.0 Å². The van der Waals surface area contributed by atoms with E-state index in [0.717, 1.165) is 13.0 Å². The van der Waals surface area contributed by atoms with Crippen molar-refractivity contribution in [2.45, 2.75) is 25.9 Å². The molecule has 1 unspecified atom stereocenters. The predicted octanol–water partition coefficient (Wildman–Crippen LogP) is 2.53. The van der Waals surface area contributed by atoms with Crippen molar-refractivity contribution in [1.82, 2.24) is 10.6 Å². The lowest BCUT2D eigenvalue weighted by molar-refractivity contribution is 0.0437. The molecule has 8 nitrogen and oxygen atoms in total. The molecule has 0 fully saturated rings. The number of hydrogen-bond acceptors (Lipinski definition) is 6. The first-order valence-corrected chi connectivity index (χ1v) is 9.63. The van der Waals surface area contributed by atoms with E-state index in [9.17, 15) is 5.11 Å². The Morgan fingerprint density at radius 3 is 2.41 bits per heavy atom. The first-order valence-electron chi connectivity index (χ1n) is 9.63. The van der Waals surface area contributed by atoms with E-state index in [2.05, 4.69) is 15.6 Å². The molecule has 160 valence electrons. The molecule has 0 bridgehead atoms. The van der Waals surface area contributed by atoms with Gasteiger partial charge in [0.25, 0.3) is 0 Å². The van der Waals surface area contributed by atoms with Gasteiger partial charge >= 0.3 is 0 Å². The number of methoxy groups -OCH3 is 2. The molecule has 2 aromatic rings. The monoisotopic (exact) mass is 405 g/mol. The second-order valence-corrected chi connectivity index (χ2v) is 6.62. The molecular weight excluding hydrogens is 374 g/mol. The fraction of sp³-hybridized carbons (Fsp3) is 0.476. The van der Waals surface area contributed by atoms with Gasteiger partial charge in [-0.3, -0.25) is 0 Å². The van der Waals surface area contributed by atoms with Crippen molar-refractivity contribution in [3.63, 3.8) is 0 Å². The highest BCUT2D eigenvalue weighted by Crippen LogP contribution is 2.27. The standard InChI is InChI=1S/C21H31N3O5/c1-5-22-20(24-15-21(2,25)19-8-6-10-29-19)23-9-7-11-28-18-13-16(26-3)12-17(14-18)27-4/h6,8,10,12-14,25H,5,7,9,11,15H2,1-4H3,(H2,22,23,24). The minimum atomic E-state index is -1.17. The number of hydrogen-bond donors (Lipinski definition) is 3. The van der Waals surface area contributed by atoms with Crippen LogP contribution in [0.5, 0.6) is 17.2 Å². The zero-order valence-electron chi connectivity index (χ0n) is 17.5. The fourth-order valence-electron chi connectivity index (χ4n) is 2.57. The molecule has 8 heteroatoms. The third-order valence-electron chi connectivity index (χ3n) is 4.15. The van der Waals surface area contributed by atoms with Gasteiger partial charge in [-0.2, -0.15) is 0 Å².